The SMILES string of the molecule is CCCCNc1c(Cc2ccc(Cl)cc2)c(C)c(C#N)c2[nH]c3ccccc3[n+]12. The highest BCUT2D eigenvalue weighted by Gasteiger charge is 2.25. The van der Waals surface area contributed by atoms with Crippen molar-refractivity contribution >= 4 is 34.1 Å². The highest BCUT2D eigenvalue weighted by Crippen LogP contribution is 2.28. The maximum absolute atomic E-state index is 9.95. The van der Waals surface area contributed by atoms with Crippen LogP contribution in [0.3, 0.4) is 0 Å². The Bertz CT molecular complexity index is 1220. The first kappa shape index (κ1) is 19.3. The van der Waals surface area contributed by atoms with Crippen LogP contribution in [-0.2, 0) is 6.42 Å². The molecule has 29 heavy (non-hydrogen) atoms. The summed E-state index contributed by atoms with van der Waals surface area (Å²) < 4.78 is 2.17. The lowest BCUT2D eigenvalue weighted by atomic mass is 9.97. The molecule has 5 heteroatoms. The number of H-pyrrole nitrogens is 1. The molecule has 0 amide bonds. The predicted molar refractivity (Wildman–Crippen MR) is 119 cm³/mol. The molecule has 2 aromatic carbocycles. The Morgan fingerprint density at radius 3 is 2.62 bits per heavy atom. The van der Waals surface area contributed by atoms with Gasteiger partial charge in [-0.1, -0.05) is 49.2 Å². The zero-order chi connectivity index (χ0) is 20.4. The van der Waals surface area contributed by atoms with Crippen molar-refractivity contribution in [3.8, 4) is 6.07 Å². The van der Waals surface area contributed by atoms with E-state index >= 15 is 0 Å². The van der Waals surface area contributed by atoms with Gasteiger partial charge in [-0.25, -0.2) is 0 Å². The molecule has 0 aliphatic rings. The summed E-state index contributed by atoms with van der Waals surface area (Å²) in [6.07, 6.45) is 2.94. The summed E-state index contributed by atoms with van der Waals surface area (Å²) in [6.45, 7) is 5.12. The van der Waals surface area contributed by atoms with Gasteiger partial charge in [0.2, 0.25) is 11.5 Å². The van der Waals surface area contributed by atoms with E-state index in [1.165, 1.54) is 5.56 Å². The minimum Gasteiger partial charge on any atom is -0.305 e. The molecule has 4 aromatic rings. The molecule has 0 aliphatic heterocycles. The number of hydrogen-bond donors (Lipinski definition) is 2. The number of aromatic nitrogens is 2. The van der Waals surface area contributed by atoms with Gasteiger partial charge in [-0.2, -0.15) is 9.66 Å². The second-order valence-electron chi connectivity index (χ2n) is 7.35. The van der Waals surface area contributed by atoms with Gasteiger partial charge in [-0.3, -0.25) is 4.98 Å². The zero-order valence-electron chi connectivity index (χ0n) is 16.7. The van der Waals surface area contributed by atoms with Gasteiger partial charge in [-0.15, -0.1) is 0 Å². The van der Waals surface area contributed by atoms with Crippen molar-refractivity contribution in [1.82, 2.24) is 4.98 Å². The number of rotatable bonds is 6. The molecule has 2 N–H and O–H groups in total. The average molecular weight is 404 g/mol. The minimum atomic E-state index is 0.686. The monoisotopic (exact) mass is 403 g/mol. The lowest BCUT2D eigenvalue weighted by Gasteiger charge is -2.14. The van der Waals surface area contributed by atoms with E-state index in [0.717, 1.165) is 64.5 Å². The number of hydrogen-bond acceptors (Lipinski definition) is 2. The van der Waals surface area contributed by atoms with E-state index in [1.54, 1.807) is 0 Å². The Labute approximate surface area is 175 Å². The lowest BCUT2D eigenvalue weighted by Crippen LogP contribution is -2.30. The summed E-state index contributed by atoms with van der Waals surface area (Å²) in [6, 6.07) is 18.5. The van der Waals surface area contributed by atoms with Gasteiger partial charge in [0.15, 0.2) is 0 Å². The van der Waals surface area contributed by atoms with Gasteiger partial charge in [-0.05, 0) is 48.7 Å². The summed E-state index contributed by atoms with van der Waals surface area (Å²) in [5.74, 6) is 1.05. The third-order valence-corrected chi connectivity index (χ3v) is 5.68. The number of nitriles is 1. The fraction of sp³-hybridized carbons (Fsp3) is 0.250. The number of imidazole rings is 1. The van der Waals surface area contributed by atoms with Gasteiger partial charge >= 0.3 is 0 Å². The molecule has 0 radical (unpaired) electrons. The van der Waals surface area contributed by atoms with Crippen molar-refractivity contribution in [2.45, 2.75) is 33.1 Å². The summed E-state index contributed by atoms with van der Waals surface area (Å²) >= 11 is 6.07. The molecule has 0 bridgehead atoms. The van der Waals surface area contributed by atoms with Crippen LogP contribution in [0.25, 0.3) is 16.7 Å². The standard InChI is InChI=1S/C24H23ClN4/c1-3-4-13-27-23-19(14-17-9-11-18(25)12-10-17)16(2)20(15-26)24-28-21-7-5-6-8-22(21)29(23)24/h5-12H,3-4,13-14H2,1-2H3,(H,27,28)/p+1. The number of nitrogens with one attached hydrogen (secondary N) is 2. The molecule has 146 valence electrons. The number of fused-ring (bicyclic) bond motifs is 3. The third kappa shape index (κ3) is 3.54. The molecule has 0 saturated carbocycles. The zero-order valence-corrected chi connectivity index (χ0v) is 17.5. The maximum Gasteiger partial charge on any atom is 0.250 e. The van der Waals surface area contributed by atoms with Crippen LogP contribution in [0.2, 0.25) is 5.02 Å². The van der Waals surface area contributed by atoms with Gasteiger partial charge in [0.05, 0.1) is 6.54 Å². The first-order valence-corrected chi connectivity index (χ1v) is 10.4. The molecule has 0 unspecified atom stereocenters. The number of nitrogens with zero attached hydrogens (tertiary/aromatic N) is 2. The normalized spacial score (nSPS) is 11.1. The van der Waals surface area contributed by atoms with E-state index in [9.17, 15) is 5.26 Å². The number of benzene rings is 2. The number of para-hydroxylation sites is 2. The number of pyridine rings is 1. The third-order valence-electron chi connectivity index (χ3n) is 5.42. The second-order valence-corrected chi connectivity index (χ2v) is 7.79. The quantitative estimate of drug-likeness (QED) is 0.328. The van der Waals surface area contributed by atoms with Crippen molar-refractivity contribution in [2.24, 2.45) is 0 Å². The maximum atomic E-state index is 9.95. The van der Waals surface area contributed by atoms with Gasteiger partial charge in [0.25, 0.3) is 0 Å². The molecular weight excluding hydrogens is 380 g/mol. The Morgan fingerprint density at radius 2 is 1.90 bits per heavy atom. The van der Waals surface area contributed by atoms with Crippen molar-refractivity contribution in [3.63, 3.8) is 0 Å². The van der Waals surface area contributed by atoms with E-state index in [1.807, 2.05) is 49.4 Å². The number of unbranched alkanes of at least 4 members (excludes halogenated alkanes) is 1. The smallest absolute Gasteiger partial charge is 0.250 e. The first-order chi connectivity index (χ1) is 14.1. The number of aromatic amines is 1. The van der Waals surface area contributed by atoms with Crippen LogP contribution in [0, 0.1) is 18.3 Å². The average Bonchev–Trinajstić information content (AvgIpc) is 3.11. The van der Waals surface area contributed by atoms with Gasteiger partial charge < -0.3 is 5.32 Å². The highest BCUT2D eigenvalue weighted by atomic mass is 35.5. The molecule has 4 nitrogen and oxygen atoms in total. The Hall–Kier alpha value is -3.03. The summed E-state index contributed by atoms with van der Waals surface area (Å²) in [4.78, 5) is 3.45. The van der Waals surface area contributed by atoms with Crippen LogP contribution < -0.4 is 9.72 Å². The fourth-order valence-electron chi connectivity index (χ4n) is 3.85. The molecule has 2 heterocycles. The molecule has 0 spiro atoms. The van der Waals surface area contributed by atoms with Crippen LogP contribution in [0.5, 0.6) is 0 Å². The fourth-order valence-corrected chi connectivity index (χ4v) is 3.98. The molecule has 0 atom stereocenters. The molecular formula is C24H24ClN4+. The van der Waals surface area contributed by atoms with Crippen molar-refractivity contribution in [3.05, 3.63) is 75.8 Å². The number of halogens is 1. The van der Waals surface area contributed by atoms with Crippen LogP contribution in [0.15, 0.2) is 48.5 Å². The van der Waals surface area contributed by atoms with E-state index in [4.69, 9.17) is 11.6 Å². The van der Waals surface area contributed by atoms with Gasteiger partial charge in [0, 0.05) is 17.0 Å². The van der Waals surface area contributed by atoms with Crippen molar-refractivity contribution in [2.75, 3.05) is 11.9 Å². The second kappa shape index (κ2) is 8.14. The molecule has 4 rings (SSSR count). The lowest BCUT2D eigenvalue weighted by molar-refractivity contribution is -0.465. The summed E-state index contributed by atoms with van der Waals surface area (Å²) in [7, 11) is 0. The Morgan fingerprint density at radius 1 is 1.14 bits per heavy atom. The first-order valence-electron chi connectivity index (χ1n) is 10.00. The van der Waals surface area contributed by atoms with Crippen molar-refractivity contribution < 1.29 is 4.40 Å². The van der Waals surface area contributed by atoms with E-state index in [2.05, 4.69) is 33.8 Å². The predicted octanol–water partition coefficient (Wildman–Crippen LogP) is 5.54. The minimum absolute atomic E-state index is 0.686. The van der Waals surface area contributed by atoms with E-state index in [0.29, 0.717) is 5.56 Å². The molecule has 0 saturated heterocycles. The topological polar surface area (TPSA) is 55.7 Å². The summed E-state index contributed by atoms with van der Waals surface area (Å²) in [5, 5.41) is 14.3. The van der Waals surface area contributed by atoms with E-state index < -0.39 is 0 Å². The molecule has 0 fully saturated rings. The van der Waals surface area contributed by atoms with Crippen LogP contribution in [0.1, 0.15) is 42.0 Å². The molecule has 2 aromatic heterocycles. The van der Waals surface area contributed by atoms with Crippen LogP contribution >= 0.6 is 11.6 Å². The Kier molecular flexibility index (Phi) is 5.42. The van der Waals surface area contributed by atoms with Crippen LogP contribution in [0.4, 0.5) is 5.82 Å². The Balaban J connectivity index is 1.99. The number of anilines is 1. The van der Waals surface area contributed by atoms with Crippen molar-refractivity contribution in [1.29, 1.82) is 5.26 Å². The highest BCUT2D eigenvalue weighted by molar-refractivity contribution is 6.30. The van der Waals surface area contributed by atoms with Gasteiger partial charge in [0.1, 0.15) is 22.7 Å². The summed E-state index contributed by atoms with van der Waals surface area (Å²) in [5.41, 5.74) is 6.92. The largest absolute Gasteiger partial charge is 0.305 e. The molecule has 0 aliphatic carbocycles. The van der Waals surface area contributed by atoms with Crippen LogP contribution in [-0.4, -0.2) is 11.5 Å². The van der Waals surface area contributed by atoms with E-state index in [-0.39, 0.29) is 0 Å².